The van der Waals surface area contributed by atoms with Crippen molar-refractivity contribution in [3.8, 4) is 9.75 Å². The van der Waals surface area contributed by atoms with E-state index < -0.39 is 0 Å². The lowest BCUT2D eigenvalue weighted by Gasteiger charge is -2.42. The normalized spacial score (nSPS) is 20.7. The fourth-order valence-electron chi connectivity index (χ4n) is 10.4. The van der Waals surface area contributed by atoms with E-state index in [4.69, 9.17) is 0 Å². The molecule has 0 unspecified atom stereocenters. The summed E-state index contributed by atoms with van der Waals surface area (Å²) in [6.07, 6.45) is 17.5. The Labute approximate surface area is 307 Å². The fraction of sp³-hybridized carbons (Fsp3) is 0.273. The Kier molecular flexibility index (Phi) is 6.32. The SMILES string of the molecule is O=C1C(=CC2=Cc3sc4c(c3C23CCCCC3)C2(CCCCC2)c2c-4sc3cc(C=C4C(=O)c5ccccc5C4=O)sc23)C(=O)c2ccccc21. The number of benzene rings is 2. The van der Waals surface area contributed by atoms with E-state index >= 15 is 0 Å². The van der Waals surface area contributed by atoms with Crippen LogP contribution in [0.5, 0.6) is 0 Å². The van der Waals surface area contributed by atoms with Gasteiger partial charge >= 0.3 is 0 Å². The van der Waals surface area contributed by atoms with E-state index in [0.717, 1.165) is 49.0 Å². The Balaban J connectivity index is 1.06. The maximum Gasteiger partial charge on any atom is 0.197 e. The minimum Gasteiger partial charge on any atom is -0.288 e. The Morgan fingerprint density at radius 3 is 1.61 bits per heavy atom. The summed E-state index contributed by atoms with van der Waals surface area (Å²) in [6.45, 7) is 0. The molecule has 11 rings (SSSR count). The molecule has 3 aromatic heterocycles. The van der Waals surface area contributed by atoms with Crippen molar-refractivity contribution >= 4 is 78.7 Å². The van der Waals surface area contributed by atoms with Gasteiger partial charge in [-0.3, -0.25) is 19.2 Å². The number of carbonyl (C=O) groups is 4. The van der Waals surface area contributed by atoms with E-state index in [1.165, 1.54) is 66.4 Å². The van der Waals surface area contributed by atoms with Gasteiger partial charge in [-0.25, -0.2) is 0 Å². The molecular formula is C44H32O4S3. The predicted octanol–water partition coefficient (Wildman–Crippen LogP) is 11.3. The maximum absolute atomic E-state index is 13.6. The molecular weight excluding hydrogens is 689 g/mol. The Bertz CT molecular complexity index is 2490. The molecule has 7 heteroatoms. The van der Waals surface area contributed by atoms with Crippen LogP contribution in [0.25, 0.3) is 31.3 Å². The highest BCUT2D eigenvalue weighted by molar-refractivity contribution is 7.32. The summed E-state index contributed by atoms with van der Waals surface area (Å²) < 4.78 is 2.55. The molecule has 6 aliphatic carbocycles. The molecule has 2 fully saturated rings. The molecule has 5 aromatic rings. The topological polar surface area (TPSA) is 68.3 Å². The molecule has 4 nitrogen and oxygen atoms in total. The van der Waals surface area contributed by atoms with Crippen molar-refractivity contribution in [3.05, 3.63) is 126 Å². The van der Waals surface area contributed by atoms with Gasteiger partial charge in [0.25, 0.3) is 0 Å². The third-order valence-corrected chi connectivity index (χ3v) is 16.3. The van der Waals surface area contributed by atoms with Crippen LogP contribution in [0.1, 0.15) is 132 Å². The second kappa shape index (κ2) is 10.6. The van der Waals surface area contributed by atoms with Crippen LogP contribution in [0, 0.1) is 0 Å². The summed E-state index contributed by atoms with van der Waals surface area (Å²) >= 11 is 5.53. The van der Waals surface area contributed by atoms with E-state index in [1.807, 2.05) is 59.1 Å². The van der Waals surface area contributed by atoms with E-state index in [-0.39, 0.29) is 39.5 Å². The Hall–Kier alpha value is -4.30. The van der Waals surface area contributed by atoms with Gasteiger partial charge in [0.1, 0.15) is 0 Å². The molecule has 0 radical (unpaired) electrons. The lowest BCUT2D eigenvalue weighted by Crippen LogP contribution is -2.35. The molecule has 2 aromatic carbocycles. The minimum atomic E-state index is -0.194. The number of ketones is 4. The zero-order valence-corrected chi connectivity index (χ0v) is 30.3. The summed E-state index contributed by atoms with van der Waals surface area (Å²) in [5.74, 6) is -0.658. The number of hydrogen-bond acceptors (Lipinski definition) is 7. The van der Waals surface area contributed by atoms with Gasteiger partial charge in [0.2, 0.25) is 0 Å². The van der Waals surface area contributed by atoms with Gasteiger partial charge in [0.15, 0.2) is 23.1 Å². The number of hydrogen-bond donors (Lipinski definition) is 0. The molecule has 51 heavy (non-hydrogen) atoms. The number of allylic oxidation sites excluding steroid dienone is 4. The van der Waals surface area contributed by atoms with Gasteiger partial charge < -0.3 is 0 Å². The summed E-state index contributed by atoms with van der Waals surface area (Å²) in [6, 6.07) is 16.6. The molecule has 6 aliphatic rings. The Morgan fingerprint density at radius 1 is 0.529 bits per heavy atom. The molecule has 0 bridgehead atoms. The van der Waals surface area contributed by atoms with Crippen molar-refractivity contribution in [2.45, 2.75) is 75.0 Å². The van der Waals surface area contributed by atoms with Crippen molar-refractivity contribution in [2.24, 2.45) is 0 Å². The highest BCUT2D eigenvalue weighted by Crippen LogP contribution is 2.69. The number of fused-ring (bicyclic) bond motifs is 12. The quantitative estimate of drug-likeness (QED) is 0.134. The molecule has 0 amide bonds. The fourth-order valence-corrected chi connectivity index (χ4v) is 14.8. The Morgan fingerprint density at radius 2 is 1.04 bits per heavy atom. The summed E-state index contributed by atoms with van der Waals surface area (Å²) in [4.78, 5) is 58.8. The first-order chi connectivity index (χ1) is 24.9. The highest BCUT2D eigenvalue weighted by atomic mass is 32.1. The van der Waals surface area contributed by atoms with E-state index in [9.17, 15) is 19.2 Å². The van der Waals surface area contributed by atoms with Gasteiger partial charge in [-0.15, -0.1) is 34.0 Å². The molecule has 0 atom stereocenters. The molecule has 0 saturated heterocycles. The summed E-state index contributed by atoms with van der Waals surface area (Å²) in [5.41, 5.74) is 8.00. The van der Waals surface area contributed by atoms with E-state index in [1.54, 1.807) is 35.6 Å². The van der Waals surface area contributed by atoms with Gasteiger partial charge in [-0.2, -0.15) is 0 Å². The van der Waals surface area contributed by atoms with Crippen LogP contribution in [0.15, 0.2) is 77.4 Å². The summed E-state index contributed by atoms with van der Waals surface area (Å²) in [5, 5.41) is 0. The van der Waals surface area contributed by atoms with Crippen LogP contribution in [0.2, 0.25) is 0 Å². The predicted molar refractivity (Wildman–Crippen MR) is 206 cm³/mol. The molecule has 250 valence electrons. The van der Waals surface area contributed by atoms with Crippen LogP contribution >= 0.6 is 34.0 Å². The number of thiophene rings is 3. The van der Waals surface area contributed by atoms with Crippen LogP contribution in [-0.4, -0.2) is 23.1 Å². The largest absolute Gasteiger partial charge is 0.288 e. The number of carbonyl (C=O) groups excluding carboxylic acids is 4. The van der Waals surface area contributed by atoms with Crippen molar-refractivity contribution in [3.63, 3.8) is 0 Å². The van der Waals surface area contributed by atoms with Crippen LogP contribution in [0.4, 0.5) is 0 Å². The van der Waals surface area contributed by atoms with Crippen LogP contribution < -0.4 is 0 Å². The number of Topliss-reactive ketones (excluding diaryl/α,β-unsaturated/α-hetero) is 4. The van der Waals surface area contributed by atoms with Gasteiger partial charge in [-0.1, -0.05) is 87.1 Å². The smallest absolute Gasteiger partial charge is 0.197 e. The first-order valence-corrected chi connectivity index (χ1v) is 20.6. The molecule has 2 saturated carbocycles. The second-order valence-electron chi connectivity index (χ2n) is 15.1. The third-order valence-electron chi connectivity index (χ3n) is 12.6. The maximum atomic E-state index is 13.6. The molecule has 0 N–H and O–H groups in total. The zero-order valence-electron chi connectivity index (χ0n) is 27.9. The number of rotatable bonds is 2. The van der Waals surface area contributed by atoms with Crippen molar-refractivity contribution in [1.29, 1.82) is 0 Å². The lowest BCUT2D eigenvalue weighted by molar-refractivity contribution is 0.0974. The average Bonchev–Trinajstić information content (AvgIpc) is 3.99. The standard InChI is InChI=1S/C44H32O4S3/c45-36-25-11-3-4-12-26(25)37(46)29(36)19-23-20-31-33(43(23)15-7-1-8-16-43)34-41(50-31)42-35(44(34)17-9-2-10-18-44)40-32(51-42)22-24(49-40)21-30-38(47)27-13-5-6-14-28(27)39(30)48/h3-6,11-14,19-22H,1-2,7-10,15-18H2. The van der Waals surface area contributed by atoms with E-state index in [0.29, 0.717) is 27.8 Å². The highest BCUT2D eigenvalue weighted by Gasteiger charge is 2.55. The van der Waals surface area contributed by atoms with Crippen LogP contribution in [-0.2, 0) is 10.8 Å². The zero-order chi connectivity index (χ0) is 34.2. The third kappa shape index (κ3) is 3.89. The van der Waals surface area contributed by atoms with Crippen molar-refractivity contribution < 1.29 is 19.2 Å². The minimum absolute atomic E-state index is 0.0775. The lowest BCUT2D eigenvalue weighted by atomic mass is 9.61. The average molecular weight is 721 g/mol. The van der Waals surface area contributed by atoms with Crippen LogP contribution in [0.3, 0.4) is 0 Å². The molecule has 3 heterocycles. The second-order valence-corrected chi connectivity index (χ2v) is 18.3. The van der Waals surface area contributed by atoms with Crippen molar-refractivity contribution in [2.75, 3.05) is 0 Å². The molecule has 0 aliphatic heterocycles. The van der Waals surface area contributed by atoms with E-state index in [2.05, 4.69) is 12.1 Å². The first-order valence-electron chi connectivity index (χ1n) is 18.2. The first kappa shape index (κ1) is 30.3. The van der Waals surface area contributed by atoms with Gasteiger partial charge in [0, 0.05) is 58.0 Å². The van der Waals surface area contributed by atoms with Gasteiger partial charge in [-0.05, 0) is 66.7 Å². The molecule has 2 spiro atoms. The van der Waals surface area contributed by atoms with Gasteiger partial charge in [0.05, 0.1) is 20.7 Å². The van der Waals surface area contributed by atoms with Crippen molar-refractivity contribution in [1.82, 2.24) is 0 Å². The monoisotopic (exact) mass is 720 g/mol. The summed E-state index contributed by atoms with van der Waals surface area (Å²) in [7, 11) is 0.